The first-order valence-corrected chi connectivity index (χ1v) is 8.33. The molecule has 0 spiro atoms. The van der Waals surface area contributed by atoms with E-state index in [0.717, 1.165) is 12.8 Å². The van der Waals surface area contributed by atoms with Gasteiger partial charge in [0.25, 0.3) is 5.91 Å². The molecule has 1 amide bonds. The van der Waals surface area contributed by atoms with E-state index in [1.807, 2.05) is 6.92 Å². The molecule has 6 nitrogen and oxygen atoms in total. The maximum absolute atomic E-state index is 12.6. The molecule has 0 heterocycles. The monoisotopic (exact) mass is 337 g/mol. The molecule has 1 rings (SSSR count). The first-order valence-electron chi connectivity index (χ1n) is 8.33. The van der Waals surface area contributed by atoms with Crippen molar-refractivity contribution in [2.75, 3.05) is 19.8 Å². The van der Waals surface area contributed by atoms with Crippen LogP contribution in [-0.4, -0.2) is 47.7 Å². The van der Waals surface area contributed by atoms with E-state index in [-0.39, 0.29) is 18.5 Å². The zero-order valence-electron chi connectivity index (χ0n) is 14.9. The van der Waals surface area contributed by atoms with Gasteiger partial charge in [-0.25, -0.2) is 0 Å². The van der Waals surface area contributed by atoms with E-state index in [2.05, 4.69) is 6.92 Å². The van der Waals surface area contributed by atoms with Gasteiger partial charge < -0.3 is 19.5 Å². The van der Waals surface area contributed by atoms with E-state index < -0.39 is 5.97 Å². The summed E-state index contributed by atoms with van der Waals surface area (Å²) in [6.45, 7) is 8.20. The smallest absolute Gasteiger partial charge is 0.323 e. The third-order valence-electron chi connectivity index (χ3n) is 3.44. The van der Waals surface area contributed by atoms with Crippen LogP contribution < -0.4 is 9.47 Å². The van der Waals surface area contributed by atoms with Crippen LogP contribution in [-0.2, 0) is 4.79 Å². The van der Waals surface area contributed by atoms with Crippen molar-refractivity contribution in [3.05, 3.63) is 23.8 Å². The van der Waals surface area contributed by atoms with E-state index in [4.69, 9.17) is 14.6 Å². The Balaban J connectivity index is 3.03. The Morgan fingerprint density at radius 3 is 2.42 bits per heavy atom. The highest BCUT2D eigenvalue weighted by Crippen LogP contribution is 2.29. The Labute approximate surface area is 143 Å². The van der Waals surface area contributed by atoms with Gasteiger partial charge in [-0.05, 0) is 45.4 Å². The lowest BCUT2D eigenvalue weighted by Gasteiger charge is -2.25. The lowest BCUT2D eigenvalue weighted by atomic mass is 10.1. The van der Waals surface area contributed by atoms with Gasteiger partial charge in [-0.15, -0.1) is 0 Å². The molecule has 0 aliphatic heterocycles. The lowest BCUT2D eigenvalue weighted by molar-refractivity contribution is -0.138. The van der Waals surface area contributed by atoms with Gasteiger partial charge in [0.15, 0.2) is 11.5 Å². The number of rotatable bonds is 10. The minimum absolute atomic E-state index is 0.218. The van der Waals surface area contributed by atoms with Crippen molar-refractivity contribution >= 4 is 11.9 Å². The van der Waals surface area contributed by atoms with Crippen LogP contribution in [0.5, 0.6) is 11.5 Å². The average molecular weight is 337 g/mol. The minimum atomic E-state index is -1.04. The van der Waals surface area contributed by atoms with Crippen molar-refractivity contribution < 1.29 is 24.2 Å². The highest BCUT2D eigenvalue weighted by molar-refractivity contribution is 5.96. The Morgan fingerprint density at radius 2 is 1.88 bits per heavy atom. The number of carboxylic acids is 1. The van der Waals surface area contributed by atoms with Crippen molar-refractivity contribution in [1.29, 1.82) is 0 Å². The lowest BCUT2D eigenvalue weighted by Crippen LogP contribution is -2.40. The van der Waals surface area contributed by atoms with Gasteiger partial charge in [0.2, 0.25) is 0 Å². The summed E-state index contributed by atoms with van der Waals surface area (Å²) in [6, 6.07) is 4.74. The molecule has 0 unspecified atom stereocenters. The molecule has 1 aromatic carbocycles. The van der Waals surface area contributed by atoms with Crippen LogP contribution in [0.15, 0.2) is 18.2 Å². The molecule has 0 radical (unpaired) electrons. The van der Waals surface area contributed by atoms with Crippen LogP contribution >= 0.6 is 0 Å². The maximum atomic E-state index is 12.6. The van der Waals surface area contributed by atoms with E-state index in [1.54, 1.807) is 32.0 Å². The van der Waals surface area contributed by atoms with Gasteiger partial charge in [0.1, 0.15) is 6.54 Å². The van der Waals surface area contributed by atoms with Crippen LogP contribution in [0, 0.1) is 0 Å². The SMILES string of the molecule is CCCCOc1ccc(C(=O)N(CC(=O)O)C(C)C)cc1OCC. The number of hydrogen-bond donors (Lipinski definition) is 1. The molecule has 0 atom stereocenters. The molecule has 0 aliphatic carbocycles. The first kappa shape index (κ1) is 19.8. The normalized spacial score (nSPS) is 10.5. The van der Waals surface area contributed by atoms with Crippen molar-refractivity contribution in [3.8, 4) is 11.5 Å². The molecule has 6 heteroatoms. The molecule has 0 aliphatic rings. The van der Waals surface area contributed by atoms with Crippen LogP contribution in [0.3, 0.4) is 0 Å². The zero-order valence-corrected chi connectivity index (χ0v) is 14.9. The number of carboxylic acid groups (broad SMARTS) is 1. The number of benzene rings is 1. The highest BCUT2D eigenvalue weighted by atomic mass is 16.5. The number of ether oxygens (including phenoxy) is 2. The predicted octanol–water partition coefficient (Wildman–Crippen LogP) is 3.20. The molecule has 0 saturated carbocycles. The zero-order chi connectivity index (χ0) is 18.1. The molecule has 1 N–H and O–H groups in total. The van der Waals surface area contributed by atoms with Crippen LogP contribution in [0.4, 0.5) is 0 Å². The molecule has 1 aromatic rings. The largest absolute Gasteiger partial charge is 0.490 e. The summed E-state index contributed by atoms with van der Waals surface area (Å²) in [5.74, 6) is -0.287. The van der Waals surface area contributed by atoms with Gasteiger partial charge in [0, 0.05) is 11.6 Å². The maximum Gasteiger partial charge on any atom is 0.323 e. The van der Waals surface area contributed by atoms with Crippen LogP contribution in [0.1, 0.15) is 50.9 Å². The fraction of sp³-hybridized carbons (Fsp3) is 0.556. The summed E-state index contributed by atoms with van der Waals surface area (Å²) in [5.41, 5.74) is 0.385. The number of hydrogen-bond acceptors (Lipinski definition) is 4. The van der Waals surface area contributed by atoms with E-state index in [9.17, 15) is 9.59 Å². The van der Waals surface area contributed by atoms with E-state index >= 15 is 0 Å². The molecule has 0 aromatic heterocycles. The molecule has 24 heavy (non-hydrogen) atoms. The highest BCUT2D eigenvalue weighted by Gasteiger charge is 2.22. The first-order chi connectivity index (χ1) is 11.4. The Hall–Kier alpha value is -2.24. The summed E-state index contributed by atoms with van der Waals surface area (Å²) in [6.07, 6.45) is 1.96. The predicted molar refractivity (Wildman–Crippen MR) is 91.8 cm³/mol. The average Bonchev–Trinajstić information content (AvgIpc) is 2.53. The molecular formula is C18H27NO5. The van der Waals surface area contributed by atoms with Crippen LogP contribution in [0.25, 0.3) is 0 Å². The van der Waals surface area contributed by atoms with E-state index in [1.165, 1.54) is 4.90 Å². The Kier molecular flexibility index (Phi) is 8.09. The van der Waals surface area contributed by atoms with Crippen LogP contribution in [0.2, 0.25) is 0 Å². The van der Waals surface area contributed by atoms with Crippen molar-refractivity contribution in [1.82, 2.24) is 4.90 Å². The van der Waals surface area contributed by atoms with Gasteiger partial charge >= 0.3 is 5.97 Å². The standard InChI is InChI=1S/C18H27NO5/c1-5-7-10-24-15-9-8-14(11-16(15)23-6-2)18(22)19(13(3)4)12-17(20)21/h8-9,11,13H,5-7,10,12H2,1-4H3,(H,20,21). The fourth-order valence-electron chi connectivity index (χ4n) is 2.16. The number of carbonyl (C=O) groups excluding carboxylic acids is 1. The fourth-order valence-corrected chi connectivity index (χ4v) is 2.16. The molecular weight excluding hydrogens is 310 g/mol. The Morgan fingerprint density at radius 1 is 1.17 bits per heavy atom. The molecule has 0 bridgehead atoms. The second kappa shape index (κ2) is 9.80. The third-order valence-corrected chi connectivity index (χ3v) is 3.44. The van der Waals surface area contributed by atoms with E-state index in [0.29, 0.717) is 30.3 Å². The number of nitrogens with zero attached hydrogens (tertiary/aromatic N) is 1. The molecule has 0 fully saturated rings. The molecule has 0 saturated heterocycles. The Bertz CT molecular complexity index is 556. The summed E-state index contributed by atoms with van der Waals surface area (Å²) in [5, 5.41) is 8.99. The van der Waals surface area contributed by atoms with Gasteiger partial charge in [-0.3, -0.25) is 9.59 Å². The van der Waals surface area contributed by atoms with Crippen molar-refractivity contribution in [2.45, 2.75) is 46.6 Å². The second-order valence-corrected chi connectivity index (χ2v) is 5.72. The van der Waals surface area contributed by atoms with Crippen molar-refractivity contribution in [3.63, 3.8) is 0 Å². The quantitative estimate of drug-likeness (QED) is 0.664. The summed E-state index contributed by atoms with van der Waals surface area (Å²) >= 11 is 0. The second-order valence-electron chi connectivity index (χ2n) is 5.72. The van der Waals surface area contributed by atoms with Gasteiger partial charge in [0.05, 0.1) is 13.2 Å². The minimum Gasteiger partial charge on any atom is -0.490 e. The van der Waals surface area contributed by atoms with Gasteiger partial charge in [-0.1, -0.05) is 13.3 Å². The third kappa shape index (κ3) is 5.76. The van der Waals surface area contributed by atoms with Crippen molar-refractivity contribution in [2.24, 2.45) is 0 Å². The summed E-state index contributed by atoms with van der Waals surface area (Å²) in [7, 11) is 0. The number of carbonyl (C=O) groups is 2. The summed E-state index contributed by atoms with van der Waals surface area (Å²) in [4.78, 5) is 24.9. The molecule has 134 valence electrons. The topological polar surface area (TPSA) is 76.1 Å². The number of unbranched alkanes of at least 4 members (excludes halogenated alkanes) is 1. The number of aliphatic carboxylic acids is 1. The summed E-state index contributed by atoms with van der Waals surface area (Å²) < 4.78 is 11.3. The number of amides is 1. The van der Waals surface area contributed by atoms with Gasteiger partial charge in [-0.2, -0.15) is 0 Å².